The number of β-lactam (4-membered cyclic amide) rings is 1. The molecule has 36 heavy (non-hydrogen) atoms. The van der Waals surface area contributed by atoms with Crippen molar-refractivity contribution in [3.63, 3.8) is 0 Å². The van der Waals surface area contributed by atoms with Gasteiger partial charge in [0.25, 0.3) is 11.8 Å². The molecule has 0 aliphatic carbocycles. The molecule has 0 aromatic carbocycles. The zero-order chi connectivity index (χ0) is 26.0. The van der Waals surface area contributed by atoms with Crippen LogP contribution in [0.1, 0.15) is 5.69 Å². The lowest BCUT2D eigenvalue weighted by Gasteiger charge is -2.50. The Morgan fingerprint density at radius 2 is 2.28 bits per heavy atom. The van der Waals surface area contributed by atoms with Gasteiger partial charge in [0.05, 0.1) is 16.6 Å². The van der Waals surface area contributed by atoms with E-state index >= 15 is 0 Å². The van der Waals surface area contributed by atoms with Crippen LogP contribution >= 0.6 is 34.9 Å². The number of aromatic nitrogens is 2. The average Bonchev–Trinajstić information content (AvgIpc) is 3.27. The monoisotopic (exact) mass is 556 g/mol. The van der Waals surface area contributed by atoms with Crippen LogP contribution < -0.4 is 20.7 Å². The molecule has 2 aliphatic heterocycles. The summed E-state index contributed by atoms with van der Waals surface area (Å²) in [4.78, 5) is 47.5. The van der Waals surface area contributed by atoms with E-state index in [4.69, 9.17) is 5.73 Å². The first-order chi connectivity index (χ1) is 17.2. The van der Waals surface area contributed by atoms with Gasteiger partial charge < -0.3 is 25.8 Å². The van der Waals surface area contributed by atoms with E-state index in [1.807, 2.05) is 24.6 Å². The standard InChI is InChI=1S/C20H18F2N6O5S3/c1-34-10-3-2-4-27(6-10)5-9-7-35-17-13(16(30)28(17)14(9)18(31)32)25-15(29)12(26-33-19(21)22)11-8-36-20(23)24-11/h2-4,6,8,13,17,19H,5,7H2,1H3,(H3-,23,24,25,29,31,32)/t13?,17-/m0/s1. The summed E-state index contributed by atoms with van der Waals surface area (Å²) in [6.07, 6.45) is 5.56. The number of carbonyl (C=O) groups excluding carboxylic acids is 3. The second-order valence-corrected chi connectivity index (χ2v) is 10.3. The molecule has 1 unspecified atom stereocenters. The van der Waals surface area contributed by atoms with Crippen LogP contribution in [0, 0.1) is 0 Å². The molecule has 190 valence electrons. The van der Waals surface area contributed by atoms with Crippen molar-refractivity contribution in [1.82, 2.24) is 15.2 Å². The molecule has 1 fully saturated rings. The van der Waals surface area contributed by atoms with Gasteiger partial charge in [-0.15, -0.1) is 34.9 Å². The van der Waals surface area contributed by atoms with Gasteiger partial charge in [0.2, 0.25) is 0 Å². The van der Waals surface area contributed by atoms with E-state index in [-0.39, 0.29) is 28.8 Å². The Bertz CT molecular complexity index is 1270. The van der Waals surface area contributed by atoms with Gasteiger partial charge in [-0.1, -0.05) is 5.16 Å². The lowest BCUT2D eigenvalue weighted by molar-refractivity contribution is -0.690. The van der Waals surface area contributed by atoms with Gasteiger partial charge in [-0.25, -0.2) is 4.98 Å². The number of hydrogen-bond acceptors (Lipinski definition) is 11. The van der Waals surface area contributed by atoms with E-state index in [2.05, 4.69) is 20.3 Å². The SMILES string of the molecule is CSc1ccc[n+](CC2=C(C(=O)[O-])N3C(=O)C(NC(=O)C(=NOC(F)F)c4csc(N)n4)[C@@H]3SC2)c1. The number of oxime groups is 1. The lowest BCUT2D eigenvalue weighted by atomic mass is 10.0. The minimum Gasteiger partial charge on any atom is -0.543 e. The summed E-state index contributed by atoms with van der Waals surface area (Å²) in [6, 6.07) is 2.62. The number of nitrogens with one attached hydrogen (secondary N) is 1. The van der Waals surface area contributed by atoms with E-state index in [0.717, 1.165) is 21.1 Å². The average molecular weight is 557 g/mol. The van der Waals surface area contributed by atoms with Crippen LogP contribution in [0.5, 0.6) is 0 Å². The van der Waals surface area contributed by atoms with Crippen LogP contribution in [0.2, 0.25) is 0 Å². The number of aliphatic carboxylic acids is 1. The first-order valence-corrected chi connectivity index (χ1v) is 13.3. The van der Waals surface area contributed by atoms with Crippen LogP contribution in [-0.4, -0.2) is 63.4 Å². The van der Waals surface area contributed by atoms with Crippen molar-refractivity contribution in [2.45, 2.75) is 29.5 Å². The van der Waals surface area contributed by atoms with E-state index in [1.54, 1.807) is 10.8 Å². The molecule has 0 saturated carbocycles. The number of anilines is 1. The molecule has 2 amide bonds. The number of pyridine rings is 1. The van der Waals surface area contributed by atoms with Crippen molar-refractivity contribution in [2.24, 2.45) is 5.16 Å². The molecule has 1 saturated heterocycles. The number of thioether (sulfide) groups is 2. The zero-order valence-electron chi connectivity index (χ0n) is 18.4. The number of nitrogens with two attached hydrogens (primary N) is 1. The molecule has 3 N–H and O–H groups in total. The maximum atomic E-state index is 12.9. The van der Waals surface area contributed by atoms with Gasteiger partial charge >= 0.3 is 6.61 Å². The molecular weight excluding hydrogens is 538 g/mol. The van der Waals surface area contributed by atoms with Gasteiger partial charge in [-0.3, -0.25) is 14.5 Å². The Morgan fingerprint density at radius 1 is 1.50 bits per heavy atom. The molecule has 0 radical (unpaired) electrons. The van der Waals surface area contributed by atoms with E-state index in [9.17, 15) is 28.3 Å². The molecular formula is C20H18F2N6O5S3. The number of nitrogen functional groups attached to an aromatic ring is 1. The van der Waals surface area contributed by atoms with Gasteiger partial charge in [-0.05, 0) is 12.3 Å². The highest BCUT2D eigenvalue weighted by Gasteiger charge is 2.53. The lowest BCUT2D eigenvalue weighted by Crippen LogP contribution is -2.71. The molecule has 2 atom stereocenters. The van der Waals surface area contributed by atoms with Crippen molar-refractivity contribution in [3.05, 3.63) is 46.9 Å². The summed E-state index contributed by atoms with van der Waals surface area (Å²) in [5.41, 5.74) is 5.06. The van der Waals surface area contributed by atoms with Crippen molar-refractivity contribution in [2.75, 3.05) is 17.7 Å². The quantitative estimate of drug-likeness (QED) is 0.140. The normalized spacial score (nSPS) is 19.7. The third-order valence-electron chi connectivity index (χ3n) is 5.17. The Hall–Kier alpha value is -3.24. The maximum Gasteiger partial charge on any atom is 0.407 e. The van der Waals surface area contributed by atoms with Crippen LogP contribution in [0.3, 0.4) is 0 Å². The number of carboxylic acid groups (broad SMARTS) is 1. The smallest absolute Gasteiger partial charge is 0.407 e. The van der Waals surface area contributed by atoms with E-state index < -0.39 is 41.5 Å². The Balaban J connectivity index is 1.54. The fourth-order valence-corrected chi connectivity index (χ4v) is 5.97. The number of thiazole rings is 1. The van der Waals surface area contributed by atoms with E-state index in [0.29, 0.717) is 5.57 Å². The number of rotatable bonds is 9. The third-order valence-corrected chi connectivity index (χ3v) is 7.90. The second-order valence-electron chi connectivity index (χ2n) is 7.39. The zero-order valence-corrected chi connectivity index (χ0v) is 20.9. The molecule has 0 spiro atoms. The highest BCUT2D eigenvalue weighted by atomic mass is 32.2. The van der Waals surface area contributed by atoms with Crippen LogP contribution in [0.4, 0.5) is 13.9 Å². The van der Waals surface area contributed by atoms with Gasteiger partial charge in [0.1, 0.15) is 17.1 Å². The van der Waals surface area contributed by atoms with Gasteiger partial charge in [0, 0.05) is 22.8 Å². The number of alkyl halides is 2. The third kappa shape index (κ3) is 5.29. The van der Waals surface area contributed by atoms with Gasteiger partial charge in [-0.2, -0.15) is 13.3 Å². The number of halogens is 2. The predicted molar refractivity (Wildman–Crippen MR) is 126 cm³/mol. The molecule has 4 heterocycles. The summed E-state index contributed by atoms with van der Waals surface area (Å²) >= 11 is 3.73. The Labute approximate surface area is 215 Å². The minimum atomic E-state index is -3.29. The van der Waals surface area contributed by atoms with Crippen LogP contribution in [0.25, 0.3) is 0 Å². The number of carbonyl (C=O) groups is 3. The summed E-state index contributed by atoms with van der Waals surface area (Å²) in [5.74, 6) is -2.94. The van der Waals surface area contributed by atoms with Crippen molar-refractivity contribution in [1.29, 1.82) is 0 Å². The van der Waals surface area contributed by atoms with Crippen molar-refractivity contribution < 1.29 is 37.7 Å². The number of nitrogens with zero attached hydrogens (tertiary/aromatic N) is 4. The number of carboxylic acids is 1. The highest BCUT2D eigenvalue weighted by Crippen LogP contribution is 2.40. The minimum absolute atomic E-state index is 0.0634. The number of fused-ring (bicyclic) bond motifs is 1. The second kappa shape index (κ2) is 10.8. The largest absolute Gasteiger partial charge is 0.543 e. The molecule has 0 bridgehead atoms. The first kappa shape index (κ1) is 25.8. The number of hydrogen-bond donors (Lipinski definition) is 2. The Morgan fingerprint density at radius 3 is 2.92 bits per heavy atom. The molecule has 2 aromatic rings. The van der Waals surface area contributed by atoms with Crippen LogP contribution in [0.15, 0.2) is 51.2 Å². The summed E-state index contributed by atoms with van der Waals surface area (Å²) in [6.45, 7) is -3.06. The fraction of sp³-hybridized carbons (Fsp3) is 0.300. The van der Waals surface area contributed by atoms with Crippen LogP contribution in [-0.2, 0) is 25.8 Å². The maximum absolute atomic E-state index is 12.9. The molecule has 4 rings (SSSR count). The Kier molecular flexibility index (Phi) is 7.75. The van der Waals surface area contributed by atoms with E-state index in [1.165, 1.54) is 28.9 Å². The first-order valence-electron chi connectivity index (χ1n) is 10.1. The van der Waals surface area contributed by atoms with Crippen molar-refractivity contribution in [3.8, 4) is 0 Å². The topological polar surface area (TPSA) is 154 Å². The summed E-state index contributed by atoms with van der Waals surface area (Å²) in [7, 11) is 0. The predicted octanol–water partition coefficient (Wildman–Crippen LogP) is -0.218. The summed E-state index contributed by atoms with van der Waals surface area (Å²) < 4.78 is 26.8. The number of amides is 2. The molecule has 2 aromatic heterocycles. The fourth-order valence-electron chi connectivity index (χ4n) is 3.63. The molecule has 2 aliphatic rings. The summed E-state index contributed by atoms with van der Waals surface area (Å²) in [5, 5.41) is 18.2. The van der Waals surface area contributed by atoms with Gasteiger partial charge in [0.15, 0.2) is 29.8 Å². The molecule has 11 nitrogen and oxygen atoms in total. The van der Waals surface area contributed by atoms with Crippen molar-refractivity contribution >= 4 is 63.5 Å². The highest BCUT2D eigenvalue weighted by molar-refractivity contribution is 8.00. The molecule has 16 heteroatoms.